The second kappa shape index (κ2) is 7.85. The third-order valence-corrected chi connectivity index (χ3v) is 6.68. The monoisotopic (exact) mass is 434 g/mol. The van der Waals surface area contributed by atoms with E-state index in [1.165, 1.54) is 22.9 Å². The van der Waals surface area contributed by atoms with Crippen molar-refractivity contribution in [3.8, 4) is 0 Å². The molecule has 5 nitrogen and oxygen atoms in total. The van der Waals surface area contributed by atoms with Crippen LogP contribution in [0.4, 0.5) is 0 Å². The maximum atomic E-state index is 12.8. The number of carbonyl (C=O) groups is 1. The fraction of sp³-hybridized carbons (Fsp3) is 0.217. The minimum Gasteiger partial charge on any atom is -0.294 e. The van der Waals surface area contributed by atoms with Gasteiger partial charge in [0.1, 0.15) is 0 Å². The van der Waals surface area contributed by atoms with E-state index in [-0.39, 0.29) is 11.7 Å². The molecule has 0 saturated carbocycles. The molecular weight excluding hydrogens is 416 g/mol. The van der Waals surface area contributed by atoms with Crippen LogP contribution in [0.15, 0.2) is 59.9 Å². The van der Waals surface area contributed by atoms with Gasteiger partial charge in [-0.1, -0.05) is 71.4 Å². The second-order valence-electron chi connectivity index (χ2n) is 7.56. The molecule has 1 aliphatic carbocycles. The van der Waals surface area contributed by atoms with Gasteiger partial charge in [0, 0.05) is 23.4 Å². The van der Waals surface area contributed by atoms with E-state index in [9.17, 15) is 4.79 Å². The van der Waals surface area contributed by atoms with Crippen molar-refractivity contribution in [3.63, 3.8) is 0 Å². The Labute approximate surface area is 183 Å². The Morgan fingerprint density at radius 1 is 1.10 bits per heavy atom. The number of ketones is 1. The summed E-state index contributed by atoms with van der Waals surface area (Å²) in [6, 6.07) is 16.1. The highest BCUT2D eigenvalue weighted by molar-refractivity contribution is 7.98. The van der Waals surface area contributed by atoms with E-state index in [1.54, 1.807) is 10.7 Å². The third-order valence-electron chi connectivity index (χ3n) is 5.43. The van der Waals surface area contributed by atoms with Crippen LogP contribution >= 0.6 is 23.4 Å². The first kappa shape index (κ1) is 19.3. The summed E-state index contributed by atoms with van der Waals surface area (Å²) in [4.78, 5) is 22.0. The number of benzene rings is 2. The topological polar surface area (TPSA) is 60.2 Å². The molecule has 0 saturated heterocycles. The van der Waals surface area contributed by atoms with Gasteiger partial charge in [0.2, 0.25) is 5.16 Å². The van der Waals surface area contributed by atoms with E-state index in [0.717, 1.165) is 22.7 Å². The van der Waals surface area contributed by atoms with Crippen LogP contribution < -0.4 is 0 Å². The van der Waals surface area contributed by atoms with Crippen LogP contribution in [-0.4, -0.2) is 25.4 Å². The lowest BCUT2D eigenvalue weighted by molar-refractivity contribution is 0.0962. The molecule has 0 spiro atoms. The third kappa shape index (κ3) is 3.73. The molecule has 4 aromatic rings. The minimum atomic E-state index is 0.108. The number of rotatable bonds is 4. The molecule has 7 heteroatoms. The number of nitrogens with zero attached hydrogens (tertiary/aromatic N) is 4. The largest absolute Gasteiger partial charge is 0.294 e. The summed E-state index contributed by atoms with van der Waals surface area (Å²) in [5, 5.41) is 5.85. The maximum Gasteiger partial charge on any atom is 0.253 e. The lowest BCUT2D eigenvalue weighted by Gasteiger charge is -2.23. The SMILES string of the molecule is Cc1ccc([C@H]2CC(=O)c3cn4nc(SCc5ccccc5Cl)nc4nc3C2)cc1. The maximum absolute atomic E-state index is 12.8. The van der Waals surface area contributed by atoms with Gasteiger partial charge in [0.05, 0.1) is 11.3 Å². The van der Waals surface area contributed by atoms with Crippen molar-refractivity contribution < 1.29 is 4.79 Å². The average Bonchev–Trinajstić information content (AvgIpc) is 3.14. The summed E-state index contributed by atoms with van der Waals surface area (Å²) in [7, 11) is 0. The first-order valence-electron chi connectivity index (χ1n) is 9.79. The molecule has 1 aliphatic rings. The number of hydrogen-bond donors (Lipinski definition) is 0. The van der Waals surface area contributed by atoms with Crippen molar-refractivity contribution in [2.75, 3.05) is 0 Å². The van der Waals surface area contributed by atoms with Gasteiger partial charge in [-0.25, -0.2) is 9.50 Å². The van der Waals surface area contributed by atoms with E-state index in [4.69, 9.17) is 11.6 Å². The lowest BCUT2D eigenvalue weighted by Crippen LogP contribution is -2.21. The molecule has 0 N–H and O–H groups in total. The molecular formula is C23H19ClN4OS. The number of thioether (sulfide) groups is 1. The van der Waals surface area contributed by atoms with Crippen LogP contribution in [0, 0.1) is 6.92 Å². The van der Waals surface area contributed by atoms with E-state index in [0.29, 0.717) is 28.7 Å². The number of hydrogen-bond acceptors (Lipinski definition) is 5. The van der Waals surface area contributed by atoms with Crippen molar-refractivity contribution >= 4 is 34.9 Å². The molecule has 30 heavy (non-hydrogen) atoms. The van der Waals surface area contributed by atoms with Gasteiger partial charge in [-0.2, -0.15) is 4.98 Å². The summed E-state index contributed by atoms with van der Waals surface area (Å²) < 4.78 is 1.61. The number of aromatic nitrogens is 4. The van der Waals surface area contributed by atoms with Gasteiger partial charge in [-0.05, 0) is 36.5 Å². The fourth-order valence-electron chi connectivity index (χ4n) is 3.76. The van der Waals surface area contributed by atoms with Gasteiger partial charge >= 0.3 is 0 Å². The minimum absolute atomic E-state index is 0.108. The predicted octanol–water partition coefficient (Wildman–Crippen LogP) is 5.29. The Balaban J connectivity index is 1.41. The number of carbonyl (C=O) groups excluding carboxylic acids is 1. The highest BCUT2D eigenvalue weighted by Crippen LogP contribution is 2.32. The lowest BCUT2D eigenvalue weighted by atomic mass is 9.82. The zero-order valence-electron chi connectivity index (χ0n) is 16.4. The number of Topliss-reactive ketones (excluding diaryl/α,β-unsaturated/α-hetero) is 1. The molecule has 5 rings (SSSR count). The molecule has 0 amide bonds. The summed E-state index contributed by atoms with van der Waals surface area (Å²) >= 11 is 7.74. The number of fused-ring (bicyclic) bond motifs is 2. The predicted molar refractivity (Wildman–Crippen MR) is 118 cm³/mol. The van der Waals surface area contributed by atoms with Crippen molar-refractivity contribution in [2.45, 2.75) is 36.6 Å². The fourth-order valence-corrected chi connectivity index (χ4v) is 4.87. The Morgan fingerprint density at radius 3 is 2.70 bits per heavy atom. The van der Waals surface area contributed by atoms with Crippen molar-refractivity contribution in [1.82, 2.24) is 19.6 Å². The first-order chi connectivity index (χ1) is 14.6. The molecule has 0 fully saturated rings. The van der Waals surface area contributed by atoms with Crippen LogP contribution in [0.25, 0.3) is 5.78 Å². The van der Waals surface area contributed by atoms with Gasteiger partial charge in [0.15, 0.2) is 5.78 Å². The van der Waals surface area contributed by atoms with Crippen LogP contribution in [0.1, 0.15) is 45.1 Å². The average molecular weight is 435 g/mol. The van der Waals surface area contributed by atoms with E-state index >= 15 is 0 Å². The second-order valence-corrected chi connectivity index (χ2v) is 8.91. The number of aryl methyl sites for hydroxylation is 1. The molecule has 150 valence electrons. The van der Waals surface area contributed by atoms with Crippen LogP contribution in [0.2, 0.25) is 5.02 Å². The highest BCUT2D eigenvalue weighted by Gasteiger charge is 2.28. The van der Waals surface area contributed by atoms with Gasteiger partial charge < -0.3 is 0 Å². The number of halogens is 1. The standard InChI is InChI=1S/C23H19ClN4OS/c1-14-6-8-15(9-7-14)17-10-20-18(21(29)11-17)12-28-22(25-20)26-23(27-28)30-13-16-4-2-3-5-19(16)24/h2-9,12,17H,10-11,13H2,1H3/t17-/m1/s1. The first-order valence-corrected chi connectivity index (χ1v) is 11.2. The quantitative estimate of drug-likeness (QED) is 0.408. The van der Waals surface area contributed by atoms with E-state index < -0.39 is 0 Å². The zero-order chi connectivity index (χ0) is 20.7. The Bertz CT molecular complexity index is 1250. The van der Waals surface area contributed by atoms with E-state index in [2.05, 4.69) is 46.3 Å². The molecule has 0 radical (unpaired) electrons. The normalized spacial score (nSPS) is 16.1. The van der Waals surface area contributed by atoms with Crippen molar-refractivity contribution in [1.29, 1.82) is 0 Å². The van der Waals surface area contributed by atoms with Crippen LogP contribution in [0.3, 0.4) is 0 Å². The Kier molecular flexibility index (Phi) is 5.05. The van der Waals surface area contributed by atoms with Gasteiger partial charge in [-0.15, -0.1) is 5.10 Å². The van der Waals surface area contributed by atoms with Gasteiger partial charge in [0.25, 0.3) is 5.78 Å². The summed E-state index contributed by atoms with van der Waals surface area (Å²) in [6.45, 7) is 2.07. The molecule has 0 bridgehead atoms. The van der Waals surface area contributed by atoms with E-state index in [1.807, 2.05) is 24.3 Å². The van der Waals surface area contributed by atoms with Crippen molar-refractivity contribution in [2.24, 2.45) is 0 Å². The smallest absolute Gasteiger partial charge is 0.253 e. The molecule has 2 aromatic carbocycles. The highest BCUT2D eigenvalue weighted by atomic mass is 35.5. The summed E-state index contributed by atoms with van der Waals surface area (Å²) in [5.74, 6) is 1.45. The molecule has 0 aliphatic heterocycles. The molecule has 2 heterocycles. The summed E-state index contributed by atoms with van der Waals surface area (Å²) in [6.07, 6.45) is 3.00. The van der Waals surface area contributed by atoms with Crippen LogP contribution in [0.5, 0.6) is 0 Å². The van der Waals surface area contributed by atoms with Gasteiger partial charge in [-0.3, -0.25) is 4.79 Å². The summed E-state index contributed by atoms with van der Waals surface area (Å²) in [5.41, 5.74) is 4.88. The Hall–Kier alpha value is -2.70. The molecule has 2 aromatic heterocycles. The molecule has 1 atom stereocenters. The van der Waals surface area contributed by atoms with Crippen LogP contribution in [-0.2, 0) is 12.2 Å². The Morgan fingerprint density at radius 2 is 1.90 bits per heavy atom. The zero-order valence-corrected chi connectivity index (χ0v) is 18.0. The van der Waals surface area contributed by atoms with Crippen molar-refractivity contribution in [3.05, 3.63) is 87.7 Å². The molecule has 0 unspecified atom stereocenters.